The predicted octanol–water partition coefficient (Wildman–Crippen LogP) is 3.35. The standard InChI is InChI=1S/C13H20BrClN2O2S2/c1-3-10-9-16(2)5-4-6-17(10)21(18,19)12-7-11(8-15)20-13(12)14/h7,10H,3-6,8-9H2,1-2H3. The number of sulfonamides is 1. The third-order valence-corrected chi connectivity index (χ3v) is 8.39. The molecule has 0 radical (unpaired) electrons. The molecule has 0 bridgehead atoms. The van der Waals surface area contributed by atoms with Crippen LogP contribution in [-0.4, -0.2) is 50.3 Å². The first-order chi connectivity index (χ1) is 9.90. The molecule has 8 heteroatoms. The largest absolute Gasteiger partial charge is 0.305 e. The smallest absolute Gasteiger partial charge is 0.245 e. The van der Waals surface area contributed by atoms with E-state index in [0.717, 1.165) is 30.8 Å². The summed E-state index contributed by atoms with van der Waals surface area (Å²) in [5.41, 5.74) is 0. The Morgan fingerprint density at radius 3 is 2.76 bits per heavy atom. The van der Waals surface area contributed by atoms with Gasteiger partial charge in [0.2, 0.25) is 10.0 Å². The number of hydrogen-bond donors (Lipinski definition) is 0. The maximum Gasteiger partial charge on any atom is 0.245 e. The molecule has 0 aliphatic carbocycles. The SMILES string of the molecule is CCC1CN(C)CCCN1S(=O)(=O)c1cc(CCl)sc1Br. The van der Waals surface area contributed by atoms with Gasteiger partial charge in [-0.05, 0) is 48.4 Å². The van der Waals surface area contributed by atoms with E-state index in [9.17, 15) is 8.42 Å². The number of halogens is 2. The minimum absolute atomic E-state index is 0.0220. The Morgan fingerprint density at radius 2 is 2.19 bits per heavy atom. The summed E-state index contributed by atoms with van der Waals surface area (Å²) in [6.07, 6.45) is 1.67. The molecule has 21 heavy (non-hydrogen) atoms. The molecule has 2 rings (SSSR count). The molecule has 1 saturated heterocycles. The molecule has 4 nitrogen and oxygen atoms in total. The van der Waals surface area contributed by atoms with Gasteiger partial charge in [-0.3, -0.25) is 0 Å². The Labute approximate surface area is 144 Å². The van der Waals surface area contributed by atoms with Crippen LogP contribution in [0.15, 0.2) is 14.7 Å². The van der Waals surface area contributed by atoms with Crippen molar-refractivity contribution in [1.29, 1.82) is 0 Å². The highest BCUT2D eigenvalue weighted by atomic mass is 79.9. The minimum Gasteiger partial charge on any atom is -0.305 e. The second-order valence-electron chi connectivity index (χ2n) is 5.28. The molecule has 1 unspecified atom stereocenters. The molecule has 1 atom stereocenters. The molecule has 0 amide bonds. The van der Waals surface area contributed by atoms with Crippen LogP contribution < -0.4 is 0 Å². The summed E-state index contributed by atoms with van der Waals surface area (Å²) < 4.78 is 28.3. The van der Waals surface area contributed by atoms with Crippen LogP contribution in [0.1, 0.15) is 24.6 Å². The van der Waals surface area contributed by atoms with Gasteiger partial charge in [0.1, 0.15) is 4.90 Å². The van der Waals surface area contributed by atoms with E-state index in [0.29, 0.717) is 21.1 Å². The zero-order valence-electron chi connectivity index (χ0n) is 12.2. The molecule has 1 aliphatic rings. The summed E-state index contributed by atoms with van der Waals surface area (Å²) in [5, 5.41) is 0. The van der Waals surface area contributed by atoms with Gasteiger partial charge < -0.3 is 4.90 Å². The summed E-state index contributed by atoms with van der Waals surface area (Å²) in [7, 11) is -1.43. The van der Waals surface area contributed by atoms with Crippen molar-refractivity contribution < 1.29 is 8.42 Å². The monoisotopic (exact) mass is 414 g/mol. The van der Waals surface area contributed by atoms with Crippen molar-refractivity contribution in [3.05, 3.63) is 14.7 Å². The lowest BCUT2D eigenvalue weighted by atomic mass is 10.2. The molecule has 1 aromatic rings. The number of alkyl halides is 1. The van der Waals surface area contributed by atoms with Crippen LogP contribution in [0.4, 0.5) is 0 Å². The Hall–Kier alpha value is 0.340. The number of rotatable bonds is 4. The van der Waals surface area contributed by atoms with E-state index in [2.05, 4.69) is 20.8 Å². The van der Waals surface area contributed by atoms with Crippen LogP contribution in [0.25, 0.3) is 0 Å². The van der Waals surface area contributed by atoms with Crippen molar-refractivity contribution in [3.8, 4) is 0 Å². The topological polar surface area (TPSA) is 40.6 Å². The summed E-state index contributed by atoms with van der Waals surface area (Å²) in [4.78, 5) is 3.42. The Morgan fingerprint density at radius 1 is 1.48 bits per heavy atom. The number of thiophene rings is 1. The summed E-state index contributed by atoms with van der Waals surface area (Å²) in [5.74, 6) is 0.332. The Bertz CT molecular complexity index is 591. The van der Waals surface area contributed by atoms with Crippen LogP contribution >= 0.6 is 38.9 Å². The van der Waals surface area contributed by atoms with Gasteiger partial charge in [-0.25, -0.2) is 8.42 Å². The zero-order valence-corrected chi connectivity index (χ0v) is 16.2. The molecular weight excluding hydrogens is 396 g/mol. The fourth-order valence-corrected chi connectivity index (χ4v) is 7.09. The molecule has 0 N–H and O–H groups in total. The maximum atomic E-state index is 13.0. The lowest BCUT2D eigenvalue weighted by Crippen LogP contribution is -2.43. The molecule has 0 aromatic carbocycles. The minimum atomic E-state index is -3.48. The zero-order chi connectivity index (χ0) is 15.6. The van der Waals surface area contributed by atoms with E-state index < -0.39 is 10.0 Å². The summed E-state index contributed by atoms with van der Waals surface area (Å²) in [6.45, 7) is 4.32. The van der Waals surface area contributed by atoms with Crippen molar-refractivity contribution >= 4 is 48.9 Å². The fourth-order valence-electron chi connectivity index (χ4n) is 2.64. The Balaban J connectivity index is 2.38. The van der Waals surface area contributed by atoms with Gasteiger partial charge in [-0.2, -0.15) is 4.31 Å². The number of hydrogen-bond acceptors (Lipinski definition) is 4. The van der Waals surface area contributed by atoms with E-state index in [4.69, 9.17) is 11.6 Å². The molecule has 2 heterocycles. The van der Waals surface area contributed by atoms with Crippen molar-refractivity contribution in [2.24, 2.45) is 0 Å². The quantitative estimate of drug-likeness (QED) is 0.708. The van der Waals surface area contributed by atoms with Gasteiger partial charge in [-0.1, -0.05) is 6.92 Å². The van der Waals surface area contributed by atoms with E-state index in [1.54, 1.807) is 10.4 Å². The molecular formula is C13H20BrClN2O2S2. The normalized spacial score (nSPS) is 22.4. The van der Waals surface area contributed by atoms with E-state index >= 15 is 0 Å². The molecule has 120 valence electrons. The first-order valence-corrected chi connectivity index (χ1v) is 10.5. The van der Waals surface area contributed by atoms with Crippen LogP contribution in [-0.2, 0) is 15.9 Å². The van der Waals surface area contributed by atoms with E-state index in [1.165, 1.54) is 11.3 Å². The van der Waals surface area contributed by atoms with Crippen molar-refractivity contribution in [2.45, 2.75) is 36.6 Å². The van der Waals surface area contributed by atoms with Gasteiger partial charge in [0.05, 0.1) is 9.67 Å². The fraction of sp³-hybridized carbons (Fsp3) is 0.692. The van der Waals surface area contributed by atoms with Crippen molar-refractivity contribution in [2.75, 3.05) is 26.7 Å². The van der Waals surface area contributed by atoms with Gasteiger partial charge in [0, 0.05) is 24.0 Å². The van der Waals surface area contributed by atoms with Crippen LogP contribution in [0.3, 0.4) is 0 Å². The number of likely N-dealkylation sites (N-methyl/N-ethyl adjacent to an activating group) is 1. The van der Waals surface area contributed by atoms with E-state index in [1.807, 2.05) is 14.0 Å². The first-order valence-electron chi connectivity index (χ1n) is 6.94. The molecule has 1 fully saturated rings. The van der Waals surface area contributed by atoms with Gasteiger partial charge in [-0.15, -0.1) is 22.9 Å². The highest BCUT2D eigenvalue weighted by molar-refractivity contribution is 9.11. The molecule has 0 saturated carbocycles. The van der Waals surface area contributed by atoms with E-state index in [-0.39, 0.29) is 6.04 Å². The van der Waals surface area contributed by atoms with Gasteiger partial charge in [0.15, 0.2) is 0 Å². The van der Waals surface area contributed by atoms with Crippen LogP contribution in [0.2, 0.25) is 0 Å². The number of nitrogens with zero attached hydrogens (tertiary/aromatic N) is 2. The highest BCUT2D eigenvalue weighted by Crippen LogP contribution is 2.35. The average molecular weight is 416 g/mol. The lowest BCUT2D eigenvalue weighted by molar-refractivity contribution is 0.270. The second kappa shape index (κ2) is 7.27. The van der Waals surface area contributed by atoms with Crippen LogP contribution in [0, 0.1) is 0 Å². The Kier molecular flexibility index (Phi) is 6.13. The average Bonchev–Trinajstić information content (AvgIpc) is 2.71. The third-order valence-electron chi connectivity index (χ3n) is 3.74. The van der Waals surface area contributed by atoms with Crippen LogP contribution in [0.5, 0.6) is 0 Å². The lowest BCUT2D eigenvalue weighted by Gasteiger charge is -2.29. The van der Waals surface area contributed by atoms with Crippen molar-refractivity contribution in [3.63, 3.8) is 0 Å². The predicted molar refractivity (Wildman–Crippen MR) is 91.7 cm³/mol. The van der Waals surface area contributed by atoms with Gasteiger partial charge in [0.25, 0.3) is 0 Å². The highest BCUT2D eigenvalue weighted by Gasteiger charge is 2.34. The molecule has 0 spiro atoms. The van der Waals surface area contributed by atoms with Gasteiger partial charge >= 0.3 is 0 Å². The molecule has 1 aliphatic heterocycles. The first kappa shape index (κ1) is 17.7. The third kappa shape index (κ3) is 3.82. The molecule has 1 aromatic heterocycles. The maximum absolute atomic E-state index is 13.0. The second-order valence-corrected chi connectivity index (χ2v) is 9.86. The summed E-state index contributed by atoms with van der Waals surface area (Å²) in [6, 6.07) is 1.71. The summed E-state index contributed by atoms with van der Waals surface area (Å²) >= 11 is 10.6. The van der Waals surface area contributed by atoms with Crippen molar-refractivity contribution in [1.82, 2.24) is 9.21 Å².